The Balaban J connectivity index is 1.68. The normalized spacial score (nSPS) is 15.9. The van der Waals surface area contributed by atoms with Crippen molar-refractivity contribution in [2.75, 3.05) is 13.1 Å². The van der Waals surface area contributed by atoms with Gasteiger partial charge in [0.25, 0.3) is 0 Å². The summed E-state index contributed by atoms with van der Waals surface area (Å²) in [5.41, 5.74) is 1.07. The molecule has 1 aromatic carbocycles. The van der Waals surface area contributed by atoms with Gasteiger partial charge >= 0.3 is 12.1 Å². The summed E-state index contributed by atoms with van der Waals surface area (Å²) in [4.78, 5) is 24.7. The number of aryl methyl sites for hydroxylation is 1. The van der Waals surface area contributed by atoms with Crippen LogP contribution in [0.5, 0.6) is 0 Å². The number of amides is 1. The Kier molecular flexibility index (Phi) is 6.45. The third-order valence-corrected chi connectivity index (χ3v) is 4.54. The molecular weight excluding hydrogens is 318 g/mol. The minimum Gasteiger partial charge on any atom is -0.478 e. The number of ether oxygens (including phenoxy) is 1. The van der Waals surface area contributed by atoms with E-state index in [4.69, 9.17) is 9.84 Å². The van der Waals surface area contributed by atoms with Crippen LogP contribution in [0.15, 0.2) is 24.3 Å². The molecule has 2 rings (SSSR count). The van der Waals surface area contributed by atoms with E-state index < -0.39 is 11.6 Å². The molecule has 0 radical (unpaired) electrons. The fourth-order valence-electron chi connectivity index (χ4n) is 3.14. The quantitative estimate of drug-likeness (QED) is 0.859. The number of piperidine rings is 1. The van der Waals surface area contributed by atoms with Gasteiger partial charge in [-0.05, 0) is 76.5 Å². The summed E-state index contributed by atoms with van der Waals surface area (Å²) in [7, 11) is 0. The zero-order valence-corrected chi connectivity index (χ0v) is 15.5. The summed E-state index contributed by atoms with van der Waals surface area (Å²) < 4.78 is 5.42. The largest absolute Gasteiger partial charge is 0.478 e. The molecule has 1 aliphatic rings. The molecule has 1 aromatic rings. The van der Waals surface area contributed by atoms with Crippen LogP contribution < -0.4 is 0 Å². The number of carbonyl (C=O) groups excluding carboxylic acids is 1. The average molecular weight is 347 g/mol. The van der Waals surface area contributed by atoms with E-state index >= 15 is 0 Å². The molecule has 1 fully saturated rings. The van der Waals surface area contributed by atoms with Crippen molar-refractivity contribution in [3.8, 4) is 0 Å². The second kappa shape index (κ2) is 8.37. The number of hydrogen-bond donors (Lipinski definition) is 1. The first kappa shape index (κ1) is 19.3. The molecule has 5 nitrogen and oxygen atoms in total. The first-order valence-corrected chi connectivity index (χ1v) is 9.05. The Hall–Kier alpha value is -2.04. The van der Waals surface area contributed by atoms with Crippen molar-refractivity contribution in [1.29, 1.82) is 0 Å². The van der Waals surface area contributed by atoms with Crippen molar-refractivity contribution in [2.45, 2.75) is 58.5 Å². The number of hydrogen-bond acceptors (Lipinski definition) is 3. The first-order chi connectivity index (χ1) is 11.7. The van der Waals surface area contributed by atoms with Crippen molar-refractivity contribution in [2.24, 2.45) is 5.92 Å². The third-order valence-electron chi connectivity index (χ3n) is 4.54. The molecule has 1 heterocycles. The molecule has 0 bridgehead atoms. The molecule has 1 amide bonds. The van der Waals surface area contributed by atoms with Crippen molar-refractivity contribution in [3.05, 3.63) is 35.4 Å². The molecule has 0 atom stereocenters. The van der Waals surface area contributed by atoms with Gasteiger partial charge in [-0.15, -0.1) is 0 Å². The van der Waals surface area contributed by atoms with Gasteiger partial charge in [0.05, 0.1) is 5.56 Å². The van der Waals surface area contributed by atoms with Gasteiger partial charge in [-0.1, -0.05) is 12.1 Å². The van der Waals surface area contributed by atoms with Gasteiger partial charge < -0.3 is 14.7 Å². The third kappa shape index (κ3) is 6.40. The molecular formula is C20H29NO4. The molecule has 0 aromatic heterocycles. The smallest absolute Gasteiger partial charge is 0.410 e. The number of nitrogens with zero attached hydrogens (tertiary/aromatic N) is 1. The molecule has 5 heteroatoms. The highest BCUT2D eigenvalue weighted by molar-refractivity contribution is 5.87. The van der Waals surface area contributed by atoms with Gasteiger partial charge in [0.2, 0.25) is 0 Å². The van der Waals surface area contributed by atoms with Crippen LogP contribution in [0.2, 0.25) is 0 Å². The molecule has 138 valence electrons. The second-order valence-corrected chi connectivity index (χ2v) is 7.81. The highest BCUT2D eigenvalue weighted by Crippen LogP contribution is 2.24. The number of carboxylic acids is 1. The van der Waals surface area contributed by atoms with Crippen LogP contribution in [-0.4, -0.2) is 40.8 Å². The fourth-order valence-corrected chi connectivity index (χ4v) is 3.14. The minimum atomic E-state index is -0.886. The number of likely N-dealkylation sites (tertiary alicyclic amines) is 1. The SMILES string of the molecule is CC(C)(C)OC(=O)N1CCC(CCCc2ccc(C(=O)O)cc2)CC1. The van der Waals surface area contributed by atoms with Crippen LogP contribution in [0.1, 0.15) is 62.4 Å². The molecule has 0 spiro atoms. The maximum atomic E-state index is 12.1. The van der Waals surface area contributed by atoms with Crippen LogP contribution in [0, 0.1) is 5.92 Å². The van der Waals surface area contributed by atoms with E-state index in [0.29, 0.717) is 11.5 Å². The number of carboxylic acid groups (broad SMARTS) is 1. The molecule has 1 saturated heterocycles. The van der Waals surface area contributed by atoms with Crippen molar-refractivity contribution in [1.82, 2.24) is 4.90 Å². The summed E-state index contributed by atoms with van der Waals surface area (Å²) in [6.45, 7) is 7.21. The fraction of sp³-hybridized carbons (Fsp3) is 0.600. The molecule has 0 unspecified atom stereocenters. The molecule has 0 aliphatic carbocycles. The summed E-state index contributed by atoms with van der Waals surface area (Å²) in [5, 5.41) is 8.91. The summed E-state index contributed by atoms with van der Waals surface area (Å²) in [6.07, 6.45) is 5.04. The Morgan fingerprint density at radius 1 is 1.16 bits per heavy atom. The van der Waals surface area contributed by atoms with Crippen LogP contribution in [0.3, 0.4) is 0 Å². The van der Waals surface area contributed by atoms with Gasteiger partial charge in [0, 0.05) is 13.1 Å². The van der Waals surface area contributed by atoms with Crippen LogP contribution in [0.25, 0.3) is 0 Å². The van der Waals surface area contributed by atoms with Crippen molar-refractivity contribution >= 4 is 12.1 Å². The summed E-state index contributed by atoms with van der Waals surface area (Å²) in [5.74, 6) is -0.236. The van der Waals surface area contributed by atoms with E-state index in [-0.39, 0.29) is 6.09 Å². The lowest BCUT2D eigenvalue weighted by molar-refractivity contribution is 0.0180. The van der Waals surface area contributed by atoms with E-state index in [1.54, 1.807) is 12.1 Å². The van der Waals surface area contributed by atoms with Crippen molar-refractivity contribution in [3.63, 3.8) is 0 Å². The standard InChI is InChI=1S/C20H29NO4/c1-20(2,3)25-19(24)21-13-11-16(12-14-21)6-4-5-15-7-9-17(10-8-15)18(22)23/h7-10,16H,4-6,11-14H2,1-3H3,(H,22,23). The van der Waals surface area contributed by atoms with Crippen LogP contribution in [-0.2, 0) is 11.2 Å². The topological polar surface area (TPSA) is 66.8 Å². The second-order valence-electron chi connectivity index (χ2n) is 7.81. The Morgan fingerprint density at radius 3 is 2.28 bits per heavy atom. The Bertz CT molecular complexity index is 581. The number of benzene rings is 1. The lowest BCUT2D eigenvalue weighted by Gasteiger charge is -2.33. The van der Waals surface area contributed by atoms with Crippen molar-refractivity contribution < 1.29 is 19.4 Å². The van der Waals surface area contributed by atoms with E-state index in [9.17, 15) is 9.59 Å². The zero-order valence-electron chi connectivity index (χ0n) is 15.5. The van der Waals surface area contributed by atoms with E-state index in [0.717, 1.165) is 45.2 Å². The van der Waals surface area contributed by atoms with Gasteiger partial charge in [0.15, 0.2) is 0 Å². The number of aromatic carboxylic acids is 1. The van der Waals surface area contributed by atoms with E-state index in [1.807, 2.05) is 37.8 Å². The van der Waals surface area contributed by atoms with Gasteiger partial charge in [-0.2, -0.15) is 0 Å². The number of rotatable bonds is 5. The highest BCUT2D eigenvalue weighted by Gasteiger charge is 2.26. The van der Waals surface area contributed by atoms with E-state index in [2.05, 4.69) is 0 Å². The zero-order chi connectivity index (χ0) is 18.4. The van der Waals surface area contributed by atoms with Gasteiger partial charge in [-0.3, -0.25) is 0 Å². The molecule has 0 saturated carbocycles. The average Bonchev–Trinajstić information content (AvgIpc) is 2.54. The predicted octanol–water partition coefficient (Wildman–Crippen LogP) is 4.35. The van der Waals surface area contributed by atoms with Crippen LogP contribution in [0.4, 0.5) is 4.79 Å². The minimum absolute atomic E-state index is 0.204. The maximum Gasteiger partial charge on any atom is 0.410 e. The Morgan fingerprint density at radius 2 is 1.76 bits per heavy atom. The predicted molar refractivity (Wildman–Crippen MR) is 96.9 cm³/mol. The monoisotopic (exact) mass is 347 g/mol. The maximum absolute atomic E-state index is 12.1. The lowest BCUT2D eigenvalue weighted by atomic mass is 9.91. The Labute approximate surface area is 150 Å². The van der Waals surface area contributed by atoms with Crippen LogP contribution >= 0.6 is 0 Å². The summed E-state index contributed by atoms with van der Waals surface area (Å²) >= 11 is 0. The van der Waals surface area contributed by atoms with Gasteiger partial charge in [-0.25, -0.2) is 9.59 Å². The molecule has 1 aliphatic heterocycles. The highest BCUT2D eigenvalue weighted by atomic mass is 16.6. The first-order valence-electron chi connectivity index (χ1n) is 9.05. The van der Waals surface area contributed by atoms with Gasteiger partial charge in [0.1, 0.15) is 5.60 Å². The lowest BCUT2D eigenvalue weighted by Crippen LogP contribution is -2.41. The van der Waals surface area contributed by atoms with E-state index in [1.165, 1.54) is 5.56 Å². The molecule has 25 heavy (non-hydrogen) atoms. The molecule has 1 N–H and O–H groups in total. The number of carbonyl (C=O) groups is 2. The summed E-state index contributed by atoms with van der Waals surface area (Å²) in [6, 6.07) is 7.12.